The van der Waals surface area contributed by atoms with Crippen LogP contribution in [0.5, 0.6) is 0 Å². The highest BCUT2D eigenvalue weighted by atomic mass is 79.9. The molecule has 0 saturated carbocycles. The molecular weight excluding hydrogens is 373 g/mol. The van der Waals surface area contributed by atoms with E-state index in [-0.39, 0.29) is 15.8 Å². The number of thioether (sulfide) groups is 1. The number of carbonyl (C=O) groups is 1. The van der Waals surface area contributed by atoms with E-state index in [4.69, 9.17) is 5.11 Å². The first kappa shape index (κ1) is 17.4. The Labute approximate surface area is 129 Å². The van der Waals surface area contributed by atoms with E-state index in [2.05, 4.69) is 20.7 Å². The van der Waals surface area contributed by atoms with Crippen molar-refractivity contribution in [2.24, 2.45) is 0 Å². The highest BCUT2D eigenvalue weighted by Crippen LogP contribution is 2.23. The van der Waals surface area contributed by atoms with Gasteiger partial charge in [-0.25, -0.2) is 12.8 Å². The Morgan fingerprint density at radius 2 is 2.20 bits per heavy atom. The summed E-state index contributed by atoms with van der Waals surface area (Å²) >= 11 is 4.37. The summed E-state index contributed by atoms with van der Waals surface area (Å²) in [6.45, 7) is 0. The maximum absolute atomic E-state index is 13.0. The zero-order valence-corrected chi connectivity index (χ0v) is 13.7. The second-order valence-corrected chi connectivity index (χ2v) is 7.39. The molecule has 0 aliphatic heterocycles. The van der Waals surface area contributed by atoms with Crippen LogP contribution in [-0.2, 0) is 14.8 Å². The fourth-order valence-corrected chi connectivity index (χ4v) is 4.16. The molecule has 0 radical (unpaired) electrons. The standard InChI is InChI=1S/C11H13BrFNO4S2/c1-19-5-4-9(11(15)16)14-20(17,18)10-3-2-7(13)6-8(10)12/h2-3,6,9,14H,4-5H2,1H3,(H,15,16)/t9-/m1/s1. The summed E-state index contributed by atoms with van der Waals surface area (Å²) in [4.78, 5) is 10.8. The van der Waals surface area contributed by atoms with Gasteiger partial charge in [0.05, 0.1) is 4.90 Å². The maximum Gasteiger partial charge on any atom is 0.321 e. The average molecular weight is 386 g/mol. The number of carboxylic acids is 1. The molecule has 0 bridgehead atoms. The molecule has 0 aromatic heterocycles. The van der Waals surface area contributed by atoms with Crippen LogP contribution in [0.25, 0.3) is 0 Å². The summed E-state index contributed by atoms with van der Waals surface area (Å²) in [6.07, 6.45) is 1.96. The van der Waals surface area contributed by atoms with Crippen LogP contribution in [0.15, 0.2) is 27.6 Å². The van der Waals surface area contributed by atoms with Gasteiger partial charge in [-0.15, -0.1) is 0 Å². The molecule has 1 rings (SSSR count). The number of hydrogen-bond acceptors (Lipinski definition) is 4. The van der Waals surface area contributed by atoms with Crippen LogP contribution in [-0.4, -0.2) is 37.5 Å². The van der Waals surface area contributed by atoms with E-state index in [1.165, 1.54) is 11.8 Å². The third-order valence-electron chi connectivity index (χ3n) is 2.39. The molecule has 0 spiro atoms. The van der Waals surface area contributed by atoms with Crippen molar-refractivity contribution in [3.05, 3.63) is 28.5 Å². The van der Waals surface area contributed by atoms with Gasteiger partial charge < -0.3 is 5.11 Å². The second-order valence-electron chi connectivity index (χ2n) is 3.87. The summed E-state index contributed by atoms with van der Waals surface area (Å²) in [7, 11) is -4.04. The van der Waals surface area contributed by atoms with Gasteiger partial charge in [0.2, 0.25) is 10.0 Å². The number of rotatable bonds is 7. The van der Waals surface area contributed by atoms with E-state index in [1.54, 1.807) is 6.26 Å². The quantitative estimate of drug-likeness (QED) is 0.750. The number of nitrogens with one attached hydrogen (secondary N) is 1. The molecule has 0 amide bonds. The highest BCUT2D eigenvalue weighted by Gasteiger charge is 2.26. The number of carboxylic acid groups (broad SMARTS) is 1. The van der Waals surface area contributed by atoms with Crippen molar-refractivity contribution < 1.29 is 22.7 Å². The fourth-order valence-electron chi connectivity index (χ4n) is 1.41. The minimum Gasteiger partial charge on any atom is -0.480 e. The predicted molar refractivity (Wildman–Crippen MR) is 78.8 cm³/mol. The molecule has 1 aromatic carbocycles. The number of sulfonamides is 1. The molecule has 9 heteroatoms. The predicted octanol–water partition coefficient (Wildman–Crippen LogP) is 2.07. The van der Waals surface area contributed by atoms with Crippen LogP contribution in [0, 0.1) is 5.82 Å². The molecule has 0 aliphatic rings. The molecule has 1 atom stereocenters. The Hall–Kier alpha value is -0.640. The second kappa shape index (κ2) is 7.39. The monoisotopic (exact) mass is 385 g/mol. The van der Waals surface area contributed by atoms with Gasteiger partial charge in [0.1, 0.15) is 11.9 Å². The first-order chi connectivity index (χ1) is 9.27. The highest BCUT2D eigenvalue weighted by molar-refractivity contribution is 9.10. The van der Waals surface area contributed by atoms with E-state index in [0.29, 0.717) is 5.75 Å². The minimum atomic E-state index is -4.04. The summed E-state index contributed by atoms with van der Waals surface area (Å²) < 4.78 is 39.3. The summed E-state index contributed by atoms with van der Waals surface area (Å²) in [5.41, 5.74) is 0. The van der Waals surface area contributed by atoms with Crippen molar-refractivity contribution in [3.63, 3.8) is 0 Å². The van der Waals surface area contributed by atoms with Gasteiger partial charge in [0.25, 0.3) is 0 Å². The lowest BCUT2D eigenvalue weighted by Gasteiger charge is -2.15. The molecule has 112 valence electrons. The van der Waals surface area contributed by atoms with Crippen molar-refractivity contribution in [2.75, 3.05) is 12.0 Å². The topological polar surface area (TPSA) is 83.5 Å². The van der Waals surface area contributed by atoms with Gasteiger partial charge in [-0.1, -0.05) is 0 Å². The van der Waals surface area contributed by atoms with Crippen LogP contribution in [0.3, 0.4) is 0 Å². The minimum absolute atomic E-state index is 0.0407. The van der Waals surface area contributed by atoms with Crippen LogP contribution in [0.2, 0.25) is 0 Å². The SMILES string of the molecule is CSCC[C@@H](NS(=O)(=O)c1ccc(F)cc1Br)C(=O)O. The summed E-state index contributed by atoms with van der Waals surface area (Å²) in [6, 6.07) is 1.86. The Kier molecular flexibility index (Phi) is 6.44. The van der Waals surface area contributed by atoms with Gasteiger partial charge in [0.15, 0.2) is 0 Å². The molecule has 0 unspecified atom stereocenters. The molecule has 0 aliphatic carbocycles. The molecular formula is C11H13BrFNO4S2. The number of aliphatic carboxylic acids is 1. The van der Waals surface area contributed by atoms with E-state index in [1.807, 2.05) is 0 Å². The maximum atomic E-state index is 13.0. The van der Waals surface area contributed by atoms with Gasteiger partial charge >= 0.3 is 5.97 Å². The van der Waals surface area contributed by atoms with Crippen molar-refractivity contribution in [2.45, 2.75) is 17.4 Å². The van der Waals surface area contributed by atoms with E-state index in [9.17, 15) is 17.6 Å². The Morgan fingerprint density at radius 3 is 2.70 bits per heavy atom. The van der Waals surface area contributed by atoms with Crippen LogP contribution in [0.1, 0.15) is 6.42 Å². The Bertz CT molecular complexity index is 594. The fraction of sp³-hybridized carbons (Fsp3) is 0.364. The molecule has 2 N–H and O–H groups in total. The normalized spacial score (nSPS) is 13.2. The number of halogens is 2. The van der Waals surface area contributed by atoms with Crippen LogP contribution < -0.4 is 4.72 Å². The summed E-state index contributed by atoms with van der Waals surface area (Å²) in [5, 5.41) is 9.02. The van der Waals surface area contributed by atoms with Crippen LogP contribution in [0.4, 0.5) is 4.39 Å². The van der Waals surface area contributed by atoms with E-state index >= 15 is 0 Å². The lowest BCUT2D eigenvalue weighted by atomic mass is 10.2. The van der Waals surface area contributed by atoms with Gasteiger partial charge in [-0.2, -0.15) is 16.5 Å². The number of benzene rings is 1. The number of hydrogen-bond donors (Lipinski definition) is 2. The molecule has 0 heterocycles. The molecule has 0 fully saturated rings. The third kappa shape index (κ3) is 4.72. The Morgan fingerprint density at radius 1 is 1.55 bits per heavy atom. The zero-order chi connectivity index (χ0) is 15.3. The van der Waals surface area contributed by atoms with Crippen molar-refractivity contribution in [1.29, 1.82) is 0 Å². The largest absolute Gasteiger partial charge is 0.480 e. The van der Waals surface area contributed by atoms with Gasteiger partial charge in [0, 0.05) is 4.47 Å². The Balaban J connectivity index is 3.00. The van der Waals surface area contributed by atoms with Gasteiger partial charge in [-0.3, -0.25) is 4.79 Å². The van der Waals surface area contributed by atoms with Crippen molar-refractivity contribution >= 4 is 43.7 Å². The van der Waals surface area contributed by atoms with Gasteiger partial charge in [-0.05, 0) is 52.6 Å². The van der Waals surface area contributed by atoms with Crippen molar-refractivity contribution in [3.8, 4) is 0 Å². The van der Waals surface area contributed by atoms with E-state index in [0.717, 1.165) is 18.2 Å². The molecule has 20 heavy (non-hydrogen) atoms. The summed E-state index contributed by atoms with van der Waals surface area (Å²) in [5.74, 6) is -1.33. The molecule has 1 aromatic rings. The lowest BCUT2D eigenvalue weighted by molar-refractivity contribution is -0.139. The third-order valence-corrected chi connectivity index (χ3v) is 5.48. The smallest absolute Gasteiger partial charge is 0.321 e. The average Bonchev–Trinajstić information content (AvgIpc) is 2.33. The van der Waals surface area contributed by atoms with Crippen LogP contribution >= 0.6 is 27.7 Å². The molecule has 0 saturated heterocycles. The molecule has 5 nitrogen and oxygen atoms in total. The zero-order valence-electron chi connectivity index (χ0n) is 10.5. The van der Waals surface area contributed by atoms with E-state index < -0.39 is 27.9 Å². The lowest BCUT2D eigenvalue weighted by Crippen LogP contribution is -2.41. The first-order valence-electron chi connectivity index (χ1n) is 5.47. The van der Waals surface area contributed by atoms with Crippen molar-refractivity contribution in [1.82, 2.24) is 4.72 Å². The first-order valence-corrected chi connectivity index (χ1v) is 9.14.